The number of amides is 2. The van der Waals surface area contributed by atoms with Crippen molar-refractivity contribution in [3.8, 4) is 0 Å². The van der Waals surface area contributed by atoms with Crippen LogP contribution in [0.3, 0.4) is 0 Å². The zero-order valence-electron chi connectivity index (χ0n) is 10.7. The van der Waals surface area contributed by atoms with Crippen molar-refractivity contribution in [1.29, 1.82) is 0 Å². The van der Waals surface area contributed by atoms with E-state index in [4.69, 9.17) is 10.2 Å². The first-order valence-corrected chi connectivity index (χ1v) is 5.97. The molecule has 0 heterocycles. The van der Waals surface area contributed by atoms with E-state index in [1.54, 1.807) is 0 Å². The number of carboxylic acid groups (broad SMARTS) is 1. The average molecular weight is 266 g/mol. The fourth-order valence-electron chi connectivity index (χ4n) is 1.63. The molecule has 0 saturated carbocycles. The van der Waals surface area contributed by atoms with Crippen molar-refractivity contribution in [2.45, 2.75) is 25.4 Å². The minimum atomic E-state index is -1.29. The molecule has 0 aromatic heterocycles. The molecule has 1 aromatic carbocycles. The Kier molecular flexibility index (Phi) is 5.81. The minimum Gasteiger partial charge on any atom is -0.480 e. The van der Waals surface area contributed by atoms with Crippen molar-refractivity contribution in [3.63, 3.8) is 0 Å². The fraction of sp³-hybridized carbons (Fsp3) is 0.385. The smallest absolute Gasteiger partial charge is 0.328 e. The molecule has 0 aliphatic heterocycles. The summed E-state index contributed by atoms with van der Waals surface area (Å²) in [5.41, 5.74) is 1.08. The van der Waals surface area contributed by atoms with Crippen molar-refractivity contribution < 1.29 is 19.8 Å². The molecule has 4 N–H and O–H groups in total. The van der Waals surface area contributed by atoms with Gasteiger partial charge < -0.3 is 20.8 Å². The summed E-state index contributed by atoms with van der Waals surface area (Å²) in [6.07, 6.45) is 0.644. The predicted octanol–water partition coefficient (Wildman–Crippen LogP) is 0.362. The van der Waals surface area contributed by atoms with Gasteiger partial charge in [0.25, 0.3) is 0 Å². The van der Waals surface area contributed by atoms with Gasteiger partial charge >= 0.3 is 12.0 Å². The number of aliphatic hydroxyl groups excluding tert-OH is 1. The zero-order valence-corrected chi connectivity index (χ0v) is 10.7. The Balaban J connectivity index is 2.42. The number of aliphatic hydroxyl groups is 1. The van der Waals surface area contributed by atoms with Gasteiger partial charge in [-0.25, -0.2) is 9.59 Å². The Morgan fingerprint density at radius 2 is 1.84 bits per heavy atom. The summed E-state index contributed by atoms with van der Waals surface area (Å²) in [4.78, 5) is 22.2. The quantitative estimate of drug-likeness (QED) is 0.597. The molecule has 6 nitrogen and oxygen atoms in total. The van der Waals surface area contributed by atoms with Crippen LogP contribution in [0.2, 0.25) is 0 Å². The number of hydrogen-bond donors (Lipinski definition) is 4. The van der Waals surface area contributed by atoms with Crippen molar-refractivity contribution in [1.82, 2.24) is 10.6 Å². The number of aliphatic carboxylic acids is 1. The first-order valence-electron chi connectivity index (χ1n) is 5.97. The molecule has 0 fully saturated rings. The van der Waals surface area contributed by atoms with Crippen LogP contribution in [-0.2, 0) is 11.2 Å². The highest BCUT2D eigenvalue weighted by Crippen LogP contribution is 2.02. The van der Waals surface area contributed by atoms with E-state index in [-0.39, 0.29) is 6.04 Å². The molecule has 6 heteroatoms. The van der Waals surface area contributed by atoms with Crippen LogP contribution in [0.5, 0.6) is 0 Å². The van der Waals surface area contributed by atoms with Crippen LogP contribution in [-0.4, -0.2) is 40.9 Å². The molecule has 1 rings (SSSR count). The number of carbonyl (C=O) groups excluding carboxylic acids is 1. The molecular weight excluding hydrogens is 248 g/mol. The van der Waals surface area contributed by atoms with Crippen molar-refractivity contribution in [2.24, 2.45) is 0 Å². The highest BCUT2D eigenvalue weighted by atomic mass is 16.4. The number of benzene rings is 1. The summed E-state index contributed by atoms with van der Waals surface area (Å²) in [5.74, 6) is -1.27. The normalized spacial score (nSPS) is 13.4. The lowest BCUT2D eigenvalue weighted by Crippen LogP contribution is -2.50. The van der Waals surface area contributed by atoms with Crippen LogP contribution >= 0.6 is 0 Å². The third kappa shape index (κ3) is 5.39. The summed E-state index contributed by atoms with van der Waals surface area (Å²) in [6, 6.07) is 7.59. The van der Waals surface area contributed by atoms with Gasteiger partial charge in [-0.15, -0.1) is 0 Å². The summed E-state index contributed by atoms with van der Waals surface area (Å²) >= 11 is 0. The lowest BCUT2D eigenvalue weighted by Gasteiger charge is -2.17. The van der Waals surface area contributed by atoms with Gasteiger partial charge in [0.2, 0.25) is 0 Å². The molecule has 0 aliphatic rings. The van der Waals surface area contributed by atoms with Crippen LogP contribution in [0.25, 0.3) is 0 Å². The van der Waals surface area contributed by atoms with Crippen LogP contribution in [0.1, 0.15) is 12.5 Å². The summed E-state index contributed by atoms with van der Waals surface area (Å²) in [5, 5.41) is 22.3. The third-order valence-corrected chi connectivity index (χ3v) is 2.55. The Hall–Kier alpha value is -2.08. The second-order valence-electron chi connectivity index (χ2n) is 4.28. The average Bonchev–Trinajstić information content (AvgIpc) is 2.36. The SMILES string of the molecule is CC(Cc1ccccc1)NC(=O)NC(CO)C(=O)O. The predicted molar refractivity (Wildman–Crippen MR) is 69.8 cm³/mol. The standard InChI is InChI=1S/C13H18N2O4/c1-9(7-10-5-3-2-4-6-10)14-13(19)15-11(8-16)12(17)18/h2-6,9,11,16H,7-8H2,1H3,(H,17,18)(H2,14,15,19). The molecule has 104 valence electrons. The van der Waals surface area contributed by atoms with Crippen LogP contribution < -0.4 is 10.6 Å². The van der Waals surface area contributed by atoms with Gasteiger partial charge in [-0.3, -0.25) is 0 Å². The number of carbonyl (C=O) groups is 2. The second-order valence-corrected chi connectivity index (χ2v) is 4.28. The zero-order chi connectivity index (χ0) is 14.3. The molecule has 2 unspecified atom stereocenters. The largest absolute Gasteiger partial charge is 0.480 e. The van der Waals surface area contributed by atoms with E-state index in [0.717, 1.165) is 5.56 Å². The molecular formula is C13H18N2O4. The number of urea groups is 1. The Morgan fingerprint density at radius 3 is 2.37 bits per heavy atom. The van der Waals surface area contributed by atoms with Gasteiger partial charge in [-0.05, 0) is 18.9 Å². The van der Waals surface area contributed by atoms with Gasteiger partial charge in [0, 0.05) is 6.04 Å². The maximum Gasteiger partial charge on any atom is 0.328 e. The molecule has 2 amide bonds. The van der Waals surface area contributed by atoms with E-state index in [0.29, 0.717) is 6.42 Å². The lowest BCUT2D eigenvalue weighted by atomic mass is 10.1. The van der Waals surface area contributed by atoms with Crippen molar-refractivity contribution in [2.75, 3.05) is 6.61 Å². The fourth-order valence-corrected chi connectivity index (χ4v) is 1.63. The van der Waals surface area contributed by atoms with Crippen molar-refractivity contribution >= 4 is 12.0 Å². The van der Waals surface area contributed by atoms with Crippen LogP contribution in [0, 0.1) is 0 Å². The first-order chi connectivity index (χ1) is 9.02. The molecule has 0 saturated heterocycles. The Labute approximate surface area is 111 Å². The number of hydrogen-bond acceptors (Lipinski definition) is 3. The first kappa shape index (κ1) is 15.0. The molecule has 0 radical (unpaired) electrons. The highest BCUT2D eigenvalue weighted by Gasteiger charge is 2.19. The second kappa shape index (κ2) is 7.38. The van der Waals surface area contributed by atoms with Gasteiger partial charge in [0.15, 0.2) is 6.04 Å². The van der Waals surface area contributed by atoms with Gasteiger partial charge in [-0.2, -0.15) is 0 Å². The Bertz CT molecular complexity index is 422. The van der Waals surface area contributed by atoms with E-state index in [1.165, 1.54) is 0 Å². The summed E-state index contributed by atoms with van der Waals surface area (Å²) in [6.45, 7) is 1.18. The van der Waals surface area contributed by atoms with E-state index < -0.39 is 24.6 Å². The molecule has 0 spiro atoms. The molecule has 0 bridgehead atoms. The topological polar surface area (TPSA) is 98.7 Å². The lowest BCUT2D eigenvalue weighted by molar-refractivity contribution is -0.140. The van der Waals surface area contributed by atoms with Crippen LogP contribution in [0.4, 0.5) is 4.79 Å². The van der Waals surface area contributed by atoms with Gasteiger partial charge in [0.05, 0.1) is 6.61 Å². The Morgan fingerprint density at radius 1 is 1.21 bits per heavy atom. The van der Waals surface area contributed by atoms with E-state index in [2.05, 4.69) is 10.6 Å². The van der Waals surface area contributed by atoms with E-state index in [1.807, 2.05) is 37.3 Å². The summed E-state index contributed by atoms with van der Waals surface area (Å²) < 4.78 is 0. The van der Waals surface area contributed by atoms with Crippen molar-refractivity contribution in [3.05, 3.63) is 35.9 Å². The van der Waals surface area contributed by atoms with Gasteiger partial charge in [-0.1, -0.05) is 30.3 Å². The molecule has 2 atom stereocenters. The maximum atomic E-state index is 11.5. The number of rotatable bonds is 6. The number of nitrogens with one attached hydrogen (secondary N) is 2. The van der Waals surface area contributed by atoms with E-state index in [9.17, 15) is 9.59 Å². The molecule has 1 aromatic rings. The maximum absolute atomic E-state index is 11.5. The molecule has 19 heavy (non-hydrogen) atoms. The van der Waals surface area contributed by atoms with Crippen LogP contribution in [0.15, 0.2) is 30.3 Å². The highest BCUT2D eigenvalue weighted by molar-refractivity contribution is 5.82. The number of carboxylic acids is 1. The van der Waals surface area contributed by atoms with E-state index >= 15 is 0 Å². The monoisotopic (exact) mass is 266 g/mol. The molecule has 0 aliphatic carbocycles. The van der Waals surface area contributed by atoms with Gasteiger partial charge in [0.1, 0.15) is 0 Å². The minimum absolute atomic E-state index is 0.143. The summed E-state index contributed by atoms with van der Waals surface area (Å²) in [7, 11) is 0. The third-order valence-electron chi connectivity index (χ3n) is 2.55.